The van der Waals surface area contributed by atoms with Gasteiger partial charge in [-0.1, -0.05) is 22.0 Å². The molecular formula is C12H12BrN3O2. The Kier molecular flexibility index (Phi) is 4.09. The molecule has 1 aromatic carbocycles. The molecule has 1 N–H and O–H groups in total. The molecule has 2 rings (SSSR count). The highest BCUT2D eigenvalue weighted by atomic mass is 79.9. The van der Waals surface area contributed by atoms with Crippen LogP contribution in [0.5, 0.6) is 0 Å². The molecule has 5 nitrogen and oxygen atoms in total. The van der Waals surface area contributed by atoms with Gasteiger partial charge in [-0.15, -0.1) is 10.2 Å². The minimum Gasteiger partial charge on any atom is -0.426 e. The summed E-state index contributed by atoms with van der Waals surface area (Å²) < 4.78 is 6.12. The second-order valence-corrected chi connectivity index (χ2v) is 4.69. The number of hydrogen-bond donors (Lipinski definition) is 1. The molecule has 6 heteroatoms. The molecule has 0 atom stereocenters. The van der Waals surface area contributed by atoms with Crippen LogP contribution < -0.4 is 5.32 Å². The molecule has 0 spiro atoms. The Morgan fingerprint density at radius 2 is 2.28 bits per heavy atom. The molecule has 0 radical (unpaired) electrons. The van der Waals surface area contributed by atoms with Crippen LogP contribution in [0.2, 0.25) is 0 Å². The molecule has 0 unspecified atom stereocenters. The molecule has 0 fully saturated rings. The zero-order chi connectivity index (χ0) is 13.0. The fourth-order valence-electron chi connectivity index (χ4n) is 1.45. The van der Waals surface area contributed by atoms with Crippen LogP contribution in [0.15, 0.2) is 33.2 Å². The lowest BCUT2D eigenvalue weighted by Crippen LogP contribution is -2.12. The summed E-state index contributed by atoms with van der Waals surface area (Å²) in [6.45, 7) is 1.72. The van der Waals surface area contributed by atoms with Gasteiger partial charge in [0.05, 0.1) is 0 Å². The van der Waals surface area contributed by atoms with Crippen molar-refractivity contribution in [2.24, 2.45) is 0 Å². The maximum atomic E-state index is 11.7. The van der Waals surface area contributed by atoms with Gasteiger partial charge < -0.3 is 9.73 Å². The molecule has 0 saturated heterocycles. The molecule has 0 bridgehead atoms. The quantitative estimate of drug-likeness (QED) is 0.943. The van der Waals surface area contributed by atoms with Gasteiger partial charge in [0.1, 0.15) is 0 Å². The SMILES string of the molecule is Cc1nnc(CCC(=O)Nc2cccc(Br)c2)o1. The van der Waals surface area contributed by atoms with Crippen LogP contribution in [-0.2, 0) is 11.2 Å². The molecule has 0 aliphatic rings. The van der Waals surface area contributed by atoms with E-state index < -0.39 is 0 Å². The minimum absolute atomic E-state index is 0.0797. The number of amides is 1. The largest absolute Gasteiger partial charge is 0.426 e. The Balaban J connectivity index is 1.85. The summed E-state index contributed by atoms with van der Waals surface area (Å²) in [5.41, 5.74) is 0.760. The maximum absolute atomic E-state index is 11.7. The number of hydrogen-bond acceptors (Lipinski definition) is 4. The van der Waals surface area contributed by atoms with E-state index in [1.54, 1.807) is 6.92 Å². The van der Waals surface area contributed by atoms with E-state index in [4.69, 9.17) is 4.42 Å². The minimum atomic E-state index is -0.0797. The maximum Gasteiger partial charge on any atom is 0.224 e. The number of carbonyl (C=O) groups excluding carboxylic acids is 1. The highest BCUT2D eigenvalue weighted by Crippen LogP contribution is 2.15. The smallest absolute Gasteiger partial charge is 0.224 e. The number of rotatable bonds is 4. The van der Waals surface area contributed by atoms with Crippen LogP contribution in [0.4, 0.5) is 5.69 Å². The molecule has 1 amide bonds. The van der Waals surface area contributed by atoms with Gasteiger partial charge in [0.25, 0.3) is 0 Å². The number of anilines is 1. The van der Waals surface area contributed by atoms with Crippen molar-refractivity contribution in [1.82, 2.24) is 10.2 Å². The number of nitrogens with zero attached hydrogens (tertiary/aromatic N) is 2. The summed E-state index contributed by atoms with van der Waals surface area (Å²) in [6.07, 6.45) is 0.759. The summed E-state index contributed by atoms with van der Waals surface area (Å²) in [5, 5.41) is 10.3. The van der Waals surface area contributed by atoms with Gasteiger partial charge in [-0.3, -0.25) is 4.79 Å². The standard InChI is InChI=1S/C12H12BrN3O2/c1-8-15-16-12(18-8)6-5-11(17)14-10-4-2-3-9(13)7-10/h2-4,7H,5-6H2,1H3,(H,14,17). The molecule has 1 heterocycles. The van der Waals surface area contributed by atoms with Crippen molar-refractivity contribution in [2.45, 2.75) is 19.8 Å². The first-order valence-corrected chi connectivity index (χ1v) is 6.27. The summed E-state index contributed by atoms with van der Waals surface area (Å²) in [7, 11) is 0. The summed E-state index contributed by atoms with van der Waals surface area (Å²) in [6, 6.07) is 7.44. The normalized spacial score (nSPS) is 10.3. The van der Waals surface area contributed by atoms with Gasteiger partial charge in [-0.25, -0.2) is 0 Å². The Labute approximate surface area is 113 Å². The fourth-order valence-corrected chi connectivity index (χ4v) is 1.85. The van der Waals surface area contributed by atoms with E-state index in [1.807, 2.05) is 24.3 Å². The third-order valence-electron chi connectivity index (χ3n) is 2.24. The topological polar surface area (TPSA) is 68.0 Å². The van der Waals surface area contributed by atoms with Crippen molar-refractivity contribution in [2.75, 3.05) is 5.32 Å². The van der Waals surface area contributed by atoms with Gasteiger partial charge in [-0.2, -0.15) is 0 Å². The van der Waals surface area contributed by atoms with E-state index in [1.165, 1.54) is 0 Å². The van der Waals surface area contributed by atoms with E-state index in [2.05, 4.69) is 31.4 Å². The predicted octanol–water partition coefficient (Wildman–Crippen LogP) is 2.71. The van der Waals surface area contributed by atoms with Crippen LogP contribution in [0.3, 0.4) is 0 Å². The Morgan fingerprint density at radius 1 is 1.44 bits per heavy atom. The number of nitrogens with one attached hydrogen (secondary N) is 1. The van der Waals surface area contributed by atoms with Crippen LogP contribution in [-0.4, -0.2) is 16.1 Å². The van der Waals surface area contributed by atoms with Crippen LogP contribution in [0, 0.1) is 6.92 Å². The van der Waals surface area contributed by atoms with Gasteiger partial charge in [0.2, 0.25) is 17.7 Å². The Morgan fingerprint density at radius 3 is 2.94 bits per heavy atom. The lowest BCUT2D eigenvalue weighted by atomic mass is 10.2. The van der Waals surface area contributed by atoms with Crippen LogP contribution in [0.25, 0.3) is 0 Å². The number of carbonyl (C=O) groups is 1. The van der Waals surface area contributed by atoms with Crippen molar-refractivity contribution < 1.29 is 9.21 Å². The monoisotopic (exact) mass is 309 g/mol. The second kappa shape index (κ2) is 5.77. The Bertz CT molecular complexity index is 554. The first kappa shape index (κ1) is 12.8. The van der Waals surface area contributed by atoms with Gasteiger partial charge >= 0.3 is 0 Å². The molecule has 1 aromatic heterocycles. The summed E-state index contributed by atoms with van der Waals surface area (Å²) in [5.74, 6) is 0.915. The third kappa shape index (κ3) is 3.66. The average Bonchev–Trinajstić information content (AvgIpc) is 2.73. The number of aromatic nitrogens is 2. The first-order chi connectivity index (χ1) is 8.63. The van der Waals surface area contributed by atoms with Gasteiger partial charge in [0.15, 0.2) is 0 Å². The van der Waals surface area contributed by atoms with Gasteiger partial charge in [0, 0.05) is 29.9 Å². The molecule has 0 aliphatic carbocycles. The second-order valence-electron chi connectivity index (χ2n) is 3.77. The highest BCUT2D eigenvalue weighted by molar-refractivity contribution is 9.10. The number of halogens is 1. The molecule has 18 heavy (non-hydrogen) atoms. The van der Waals surface area contributed by atoms with Crippen molar-refractivity contribution in [3.8, 4) is 0 Å². The molecule has 2 aromatic rings. The summed E-state index contributed by atoms with van der Waals surface area (Å²) in [4.78, 5) is 11.7. The highest BCUT2D eigenvalue weighted by Gasteiger charge is 2.07. The number of benzene rings is 1. The fraction of sp³-hybridized carbons (Fsp3) is 0.250. The molecule has 0 saturated carbocycles. The molecule has 0 aliphatic heterocycles. The Hall–Kier alpha value is -1.69. The number of aryl methyl sites for hydroxylation is 2. The summed E-state index contributed by atoms with van der Waals surface area (Å²) >= 11 is 3.35. The third-order valence-corrected chi connectivity index (χ3v) is 2.74. The van der Waals surface area contributed by atoms with Gasteiger partial charge in [-0.05, 0) is 18.2 Å². The van der Waals surface area contributed by atoms with Crippen molar-refractivity contribution in [3.05, 3.63) is 40.5 Å². The van der Waals surface area contributed by atoms with E-state index in [9.17, 15) is 4.79 Å². The first-order valence-electron chi connectivity index (χ1n) is 5.48. The average molecular weight is 310 g/mol. The van der Waals surface area contributed by atoms with Crippen molar-refractivity contribution in [1.29, 1.82) is 0 Å². The van der Waals surface area contributed by atoms with Crippen molar-refractivity contribution >= 4 is 27.5 Å². The predicted molar refractivity (Wildman–Crippen MR) is 70.1 cm³/mol. The molecule has 94 valence electrons. The van der Waals surface area contributed by atoms with Crippen molar-refractivity contribution in [3.63, 3.8) is 0 Å². The van der Waals surface area contributed by atoms with E-state index in [0.29, 0.717) is 24.6 Å². The molecular weight excluding hydrogens is 298 g/mol. The van der Waals surface area contributed by atoms with Crippen LogP contribution >= 0.6 is 15.9 Å². The lowest BCUT2D eigenvalue weighted by molar-refractivity contribution is -0.116. The lowest BCUT2D eigenvalue weighted by Gasteiger charge is -2.04. The zero-order valence-electron chi connectivity index (χ0n) is 9.81. The van der Waals surface area contributed by atoms with E-state index >= 15 is 0 Å². The van der Waals surface area contributed by atoms with Crippen LogP contribution in [0.1, 0.15) is 18.2 Å². The van der Waals surface area contributed by atoms with E-state index in [-0.39, 0.29) is 5.91 Å². The van der Waals surface area contributed by atoms with E-state index in [0.717, 1.165) is 10.2 Å². The zero-order valence-corrected chi connectivity index (χ0v) is 11.4.